The Balaban J connectivity index is 4.33. The molecule has 0 heterocycles. The molecular formula is C48H95NO5. The Morgan fingerprint density at radius 2 is 1.00 bits per heavy atom. The zero-order valence-corrected chi connectivity index (χ0v) is 37.6. The zero-order chi connectivity index (χ0) is 40.2. The second-order valence-electron chi connectivity index (χ2n) is 18.3. The number of aliphatic hydroxyl groups is 1. The number of aliphatic hydroxyl groups excluding tert-OH is 1. The van der Waals surface area contributed by atoms with Crippen molar-refractivity contribution in [3.8, 4) is 0 Å². The third kappa shape index (κ3) is 33.0. The molecule has 0 saturated heterocycles. The van der Waals surface area contributed by atoms with Gasteiger partial charge in [0.1, 0.15) is 0 Å². The van der Waals surface area contributed by atoms with Crippen molar-refractivity contribution in [1.82, 2.24) is 4.90 Å². The number of carbonyl (C=O) groups is 2. The first kappa shape index (κ1) is 52.9. The maximum absolute atomic E-state index is 12.7. The number of hydrogen-bond donors (Lipinski definition) is 1. The number of ether oxygens (including phenoxy) is 2. The van der Waals surface area contributed by atoms with E-state index in [1.54, 1.807) is 0 Å². The summed E-state index contributed by atoms with van der Waals surface area (Å²) < 4.78 is 11.5. The quantitative estimate of drug-likeness (QED) is 0.0493. The van der Waals surface area contributed by atoms with Crippen LogP contribution >= 0.6 is 0 Å². The fraction of sp³-hybridized carbons (Fsp3) is 0.958. The van der Waals surface area contributed by atoms with Gasteiger partial charge in [-0.15, -0.1) is 0 Å². The highest BCUT2D eigenvalue weighted by atomic mass is 16.5. The average molecular weight is 766 g/mol. The van der Waals surface area contributed by atoms with Crippen molar-refractivity contribution < 1.29 is 24.2 Å². The van der Waals surface area contributed by atoms with Crippen LogP contribution < -0.4 is 0 Å². The number of carbonyl (C=O) groups excluding carboxylic acids is 2. The van der Waals surface area contributed by atoms with Crippen LogP contribution in [0.5, 0.6) is 0 Å². The molecule has 54 heavy (non-hydrogen) atoms. The van der Waals surface area contributed by atoms with Gasteiger partial charge in [0.2, 0.25) is 0 Å². The lowest BCUT2D eigenvalue weighted by Gasteiger charge is -2.25. The van der Waals surface area contributed by atoms with Crippen molar-refractivity contribution in [1.29, 1.82) is 0 Å². The van der Waals surface area contributed by atoms with Crippen LogP contribution in [0.4, 0.5) is 0 Å². The standard InChI is InChI=1S/C48H95NO5/c1-8-11-14-17-18-21-31-42-53-46(52)48(6,7)37-26-19-20-27-38-49(40-29-30-41-50)39-28-22-25-36-47(4,5)43-54-45(51)35-34-44(32-23-15-12-9-2)33-24-16-13-10-3/h44,50H,8-43H2,1-7H3. The molecule has 0 aliphatic heterocycles. The average Bonchev–Trinajstić information content (AvgIpc) is 3.14. The summed E-state index contributed by atoms with van der Waals surface area (Å²) in [5.74, 6) is 0.628. The summed E-state index contributed by atoms with van der Waals surface area (Å²) >= 11 is 0. The molecule has 0 saturated carbocycles. The minimum atomic E-state index is -0.405. The first-order valence-corrected chi connectivity index (χ1v) is 23.7. The van der Waals surface area contributed by atoms with Gasteiger partial charge in [0, 0.05) is 13.0 Å². The number of unbranched alkanes of at least 4 members (excludes halogenated alkanes) is 18. The van der Waals surface area contributed by atoms with Gasteiger partial charge in [-0.2, -0.15) is 0 Å². The molecule has 0 rings (SSSR count). The number of esters is 2. The molecule has 6 nitrogen and oxygen atoms in total. The van der Waals surface area contributed by atoms with Crippen LogP contribution in [-0.4, -0.2) is 61.4 Å². The summed E-state index contributed by atoms with van der Waals surface area (Å²) in [7, 11) is 0. The first-order chi connectivity index (χ1) is 26.0. The molecule has 0 aromatic carbocycles. The van der Waals surface area contributed by atoms with Crippen LogP contribution in [0.15, 0.2) is 0 Å². The van der Waals surface area contributed by atoms with Crippen molar-refractivity contribution in [2.45, 2.75) is 241 Å². The largest absolute Gasteiger partial charge is 0.465 e. The molecular weight excluding hydrogens is 671 g/mol. The maximum atomic E-state index is 12.7. The van der Waals surface area contributed by atoms with Gasteiger partial charge in [0.05, 0.1) is 18.6 Å². The molecule has 0 amide bonds. The van der Waals surface area contributed by atoms with E-state index in [2.05, 4.69) is 39.5 Å². The summed E-state index contributed by atoms with van der Waals surface area (Å²) in [5.41, 5.74) is -0.396. The van der Waals surface area contributed by atoms with Crippen molar-refractivity contribution in [2.75, 3.05) is 39.5 Å². The molecule has 0 spiro atoms. The van der Waals surface area contributed by atoms with E-state index in [-0.39, 0.29) is 24.0 Å². The van der Waals surface area contributed by atoms with Crippen molar-refractivity contribution in [2.24, 2.45) is 16.7 Å². The van der Waals surface area contributed by atoms with Crippen LogP contribution in [0.25, 0.3) is 0 Å². The highest BCUT2D eigenvalue weighted by Gasteiger charge is 2.28. The van der Waals surface area contributed by atoms with Crippen LogP contribution in [0.1, 0.15) is 241 Å². The smallest absolute Gasteiger partial charge is 0.311 e. The minimum absolute atomic E-state index is 0.00554. The highest BCUT2D eigenvalue weighted by Crippen LogP contribution is 2.28. The molecule has 6 heteroatoms. The molecule has 0 atom stereocenters. The van der Waals surface area contributed by atoms with Gasteiger partial charge in [-0.05, 0) is 96.2 Å². The number of rotatable bonds is 41. The Kier molecular flexibility index (Phi) is 35.5. The molecule has 0 bridgehead atoms. The Morgan fingerprint density at radius 3 is 1.57 bits per heavy atom. The van der Waals surface area contributed by atoms with Gasteiger partial charge in [-0.1, -0.05) is 169 Å². The van der Waals surface area contributed by atoms with Crippen LogP contribution in [0.2, 0.25) is 0 Å². The van der Waals surface area contributed by atoms with Crippen LogP contribution in [0, 0.1) is 16.7 Å². The second kappa shape index (κ2) is 36.2. The van der Waals surface area contributed by atoms with E-state index in [9.17, 15) is 14.7 Å². The molecule has 0 fully saturated rings. The fourth-order valence-electron chi connectivity index (χ4n) is 7.57. The third-order valence-corrected chi connectivity index (χ3v) is 11.6. The molecule has 0 radical (unpaired) electrons. The predicted molar refractivity (Wildman–Crippen MR) is 232 cm³/mol. The summed E-state index contributed by atoms with van der Waals surface area (Å²) in [4.78, 5) is 28.0. The lowest BCUT2D eigenvalue weighted by Crippen LogP contribution is -2.28. The summed E-state index contributed by atoms with van der Waals surface area (Å²) in [6.07, 6.45) is 35.1. The van der Waals surface area contributed by atoms with Gasteiger partial charge in [0.25, 0.3) is 0 Å². The summed E-state index contributed by atoms with van der Waals surface area (Å²) in [5, 5.41) is 9.33. The molecule has 0 aromatic rings. The monoisotopic (exact) mass is 766 g/mol. The van der Waals surface area contributed by atoms with Crippen LogP contribution in [0.3, 0.4) is 0 Å². The van der Waals surface area contributed by atoms with Gasteiger partial charge in [-0.3, -0.25) is 9.59 Å². The Hall–Kier alpha value is -1.14. The van der Waals surface area contributed by atoms with E-state index in [0.717, 1.165) is 83.8 Å². The van der Waals surface area contributed by atoms with Crippen molar-refractivity contribution in [3.63, 3.8) is 0 Å². The Morgan fingerprint density at radius 1 is 0.537 bits per heavy atom. The van der Waals surface area contributed by atoms with Crippen molar-refractivity contribution in [3.05, 3.63) is 0 Å². The second-order valence-corrected chi connectivity index (χ2v) is 18.3. The first-order valence-electron chi connectivity index (χ1n) is 23.7. The zero-order valence-electron chi connectivity index (χ0n) is 37.6. The third-order valence-electron chi connectivity index (χ3n) is 11.6. The van der Waals surface area contributed by atoms with E-state index in [0.29, 0.717) is 25.6 Å². The number of nitrogens with zero attached hydrogens (tertiary/aromatic N) is 1. The normalized spacial score (nSPS) is 12.3. The van der Waals surface area contributed by atoms with E-state index >= 15 is 0 Å². The van der Waals surface area contributed by atoms with E-state index in [1.165, 1.54) is 122 Å². The summed E-state index contributed by atoms with van der Waals surface area (Å²) in [6, 6.07) is 0. The Bertz CT molecular complexity index is 831. The molecule has 0 aliphatic carbocycles. The van der Waals surface area contributed by atoms with Crippen LogP contribution in [-0.2, 0) is 19.1 Å². The summed E-state index contributed by atoms with van der Waals surface area (Å²) in [6.45, 7) is 20.0. The van der Waals surface area contributed by atoms with Gasteiger partial charge in [-0.25, -0.2) is 0 Å². The maximum Gasteiger partial charge on any atom is 0.311 e. The van der Waals surface area contributed by atoms with E-state index in [4.69, 9.17) is 9.47 Å². The minimum Gasteiger partial charge on any atom is -0.465 e. The van der Waals surface area contributed by atoms with Gasteiger partial charge in [0.15, 0.2) is 0 Å². The fourth-order valence-corrected chi connectivity index (χ4v) is 7.57. The Labute approximate surface area is 337 Å². The predicted octanol–water partition coefficient (Wildman–Crippen LogP) is 13.8. The molecule has 0 aliphatic rings. The van der Waals surface area contributed by atoms with Gasteiger partial charge < -0.3 is 19.5 Å². The van der Waals surface area contributed by atoms with E-state index in [1.807, 2.05) is 13.8 Å². The van der Waals surface area contributed by atoms with Gasteiger partial charge >= 0.3 is 11.9 Å². The van der Waals surface area contributed by atoms with E-state index < -0.39 is 5.41 Å². The molecule has 0 unspecified atom stereocenters. The molecule has 322 valence electrons. The lowest BCUT2D eigenvalue weighted by atomic mass is 9.87. The molecule has 1 N–H and O–H groups in total. The highest BCUT2D eigenvalue weighted by molar-refractivity contribution is 5.75. The lowest BCUT2D eigenvalue weighted by molar-refractivity contribution is -0.154. The number of hydrogen-bond acceptors (Lipinski definition) is 6. The molecule has 0 aromatic heterocycles. The van der Waals surface area contributed by atoms with Crippen molar-refractivity contribution >= 4 is 11.9 Å². The topological polar surface area (TPSA) is 76.1 Å². The SMILES string of the molecule is CCCCCCCCCOC(=O)C(C)(C)CCCCCCN(CCCCO)CCCCCC(C)(C)COC(=O)CCC(CCCCCC)CCCCCC.